The Kier molecular flexibility index (Phi) is 5.01. The van der Waals surface area contributed by atoms with Crippen molar-refractivity contribution >= 4 is 27.8 Å². The van der Waals surface area contributed by atoms with Crippen LogP contribution in [-0.2, 0) is 0 Å². The van der Waals surface area contributed by atoms with E-state index >= 15 is 0 Å². The Morgan fingerprint density at radius 1 is 1.07 bits per heavy atom. The largest absolute Gasteiger partial charge is 0.487 e. The van der Waals surface area contributed by atoms with Gasteiger partial charge in [0.05, 0.1) is 16.8 Å². The van der Waals surface area contributed by atoms with Gasteiger partial charge in [0.2, 0.25) is 5.13 Å². The molecular formula is C21H24N4O2S2. The number of fused-ring (bicyclic) bond motifs is 1. The number of nitrogens with zero attached hydrogens (tertiary/aromatic N) is 4. The molecule has 1 N–H and O–H groups in total. The predicted molar refractivity (Wildman–Crippen MR) is 116 cm³/mol. The number of hydrogen-bond donors (Lipinski definition) is 1. The average molecular weight is 429 g/mol. The van der Waals surface area contributed by atoms with Crippen molar-refractivity contribution < 1.29 is 9.84 Å². The molecule has 8 heteroatoms. The molecule has 1 saturated heterocycles. The van der Waals surface area contributed by atoms with E-state index in [1.54, 1.807) is 22.7 Å². The Labute approximate surface area is 178 Å². The second kappa shape index (κ2) is 7.66. The molecule has 6 nitrogen and oxygen atoms in total. The molecular weight excluding hydrogens is 404 g/mol. The number of aryl methyl sites for hydroxylation is 2. The highest BCUT2D eigenvalue weighted by Crippen LogP contribution is 2.41. The minimum atomic E-state index is -0.461. The van der Waals surface area contributed by atoms with E-state index in [4.69, 9.17) is 4.74 Å². The molecule has 1 aliphatic carbocycles. The highest BCUT2D eigenvalue weighted by atomic mass is 32.1. The Morgan fingerprint density at radius 2 is 1.86 bits per heavy atom. The van der Waals surface area contributed by atoms with E-state index in [0.29, 0.717) is 11.8 Å². The summed E-state index contributed by atoms with van der Waals surface area (Å²) in [5.74, 6) is 1.78. The number of para-hydroxylation sites is 1. The van der Waals surface area contributed by atoms with E-state index < -0.39 is 6.10 Å². The third-order valence-corrected chi connectivity index (χ3v) is 7.60. The van der Waals surface area contributed by atoms with Crippen molar-refractivity contribution in [3.63, 3.8) is 0 Å². The summed E-state index contributed by atoms with van der Waals surface area (Å²) in [6.07, 6.45) is 0.956. The van der Waals surface area contributed by atoms with E-state index in [1.165, 1.54) is 0 Å². The first-order chi connectivity index (χ1) is 14.1. The second-order valence-corrected chi connectivity index (χ2v) is 10.2. The lowest BCUT2D eigenvalue weighted by Gasteiger charge is -2.35. The fourth-order valence-electron chi connectivity index (χ4n) is 4.52. The highest BCUT2D eigenvalue weighted by molar-refractivity contribution is 7.15. The van der Waals surface area contributed by atoms with Gasteiger partial charge >= 0.3 is 0 Å². The van der Waals surface area contributed by atoms with Crippen LogP contribution in [0.15, 0.2) is 29.6 Å². The molecule has 1 aromatic carbocycles. The van der Waals surface area contributed by atoms with Crippen LogP contribution in [-0.4, -0.2) is 45.6 Å². The normalized spacial score (nSPS) is 26.5. The van der Waals surface area contributed by atoms with E-state index in [2.05, 4.69) is 25.5 Å². The van der Waals surface area contributed by atoms with Gasteiger partial charge in [0.1, 0.15) is 16.9 Å². The lowest BCUT2D eigenvalue weighted by molar-refractivity contribution is -0.0229. The molecule has 1 saturated carbocycles. The van der Waals surface area contributed by atoms with Crippen molar-refractivity contribution in [2.75, 3.05) is 18.0 Å². The number of aliphatic hydroxyl groups excluding tert-OH is 1. The van der Waals surface area contributed by atoms with Crippen molar-refractivity contribution in [3.8, 4) is 17.0 Å². The smallest absolute Gasteiger partial charge is 0.208 e. The Bertz CT molecular complexity index is 1000. The summed E-state index contributed by atoms with van der Waals surface area (Å²) in [5, 5.41) is 24.4. The SMILES string of the molecule is Cc1nc(-c2ccccc2O[C@@H]2C[C@@H]3CN(c4nnc(C)s4)C[C@@H]3C[C@H]2O)cs1. The van der Waals surface area contributed by atoms with Gasteiger partial charge in [-0.2, -0.15) is 0 Å². The van der Waals surface area contributed by atoms with Crippen LogP contribution in [0.3, 0.4) is 0 Å². The molecule has 0 spiro atoms. The van der Waals surface area contributed by atoms with Crippen LogP contribution in [0.1, 0.15) is 22.9 Å². The molecule has 0 bridgehead atoms. The van der Waals surface area contributed by atoms with Gasteiger partial charge in [0.15, 0.2) is 0 Å². The molecule has 5 rings (SSSR count). The van der Waals surface area contributed by atoms with Crippen molar-refractivity contribution in [2.24, 2.45) is 11.8 Å². The van der Waals surface area contributed by atoms with Crippen LogP contribution >= 0.6 is 22.7 Å². The van der Waals surface area contributed by atoms with Gasteiger partial charge in [0, 0.05) is 24.0 Å². The molecule has 2 aromatic heterocycles. The minimum Gasteiger partial charge on any atom is -0.487 e. The number of benzene rings is 1. The molecule has 29 heavy (non-hydrogen) atoms. The summed E-state index contributed by atoms with van der Waals surface area (Å²) >= 11 is 3.28. The predicted octanol–water partition coefficient (Wildman–Crippen LogP) is 3.93. The van der Waals surface area contributed by atoms with Crippen molar-refractivity contribution in [2.45, 2.75) is 38.9 Å². The maximum Gasteiger partial charge on any atom is 0.208 e. The van der Waals surface area contributed by atoms with Crippen molar-refractivity contribution in [1.82, 2.24) is 15.2 Å². The molecule has 0 unspecified atom stereocenters. The first-order valence-electron chi connectivity index (χ1n) is 9.98. The van der Waals surface area contributed by atoms with Gasteiger partial charge in [-0.3, -0.25) is 0 Å². The first kappa shape index (κ1) is 19.0. The van der Waals surface area contributed by atoms with Gasteiger partial charge in [-0.25, -0.2) is 4.98 Å². The number of aliphatic hydroxyl groups is 1. The van der Waals surface area contributed by atoms with Crippen LogP contribution in [0.2, 0.25) is 0 Å². The summed E-state index contributed by atoms with van der Waals surface area (Å²) < 4.78 is 6.39. The van der Waals surface area contributed by atoms with E-state index in [0.717, 1.165) is 58.1 Å². The molecule has 0 amide bonds. The average Bonchev–Trinajstić information content (AvgIpc) is 3.42. The summed E-state index contributed by atoms with van der Waals surface area (Å²) in [5.41, 5.74) is 1.92. The van der Waals surface area contributed by atoms with Gasteiger partial charge in [0.25, 0.3) is 0 Å². The van der Waals surface area contributed by atoms with Gasteiger partial charge < -0.3 is 14.7 Å². The molecule has 0 radical (unpaired) electrons. The lowest BCUT2D eigenvalue weighted by Crippen LogP contribution is -2.42. The summed E-state index contributed by atoms with van der Waals surface area (Å²) in [4.78, 5) is 6.93. The van der Waals surface area contributed by atoms with Crippen LogP contribution < -0.4 is 9.64 Å². The van der Waals surface area contributed by atoms with Crippen molar-refractivity contribution in [1.29, 1.82) is 0 Å². The Balaban J connectivity index is 1.32. The molecule has 4 atom stereocenters. The molecule has 2 aliphatic rings. The molecule has 1 aliphatic heterocycles. The fourth-order valence-corrected chi connectivity index (χ4v) is 5.84. The second-order valence-electron chi connectivity index (χ2n) is 7.97. The Hall–Kier alpha value is -2.03. The fraction of sp³-hybridized carbons (Fsp3) is 0.476. The number of rotatable bonds is 4. The minimum absolute atomic E-state index is 0.201. The molecule has 2 fully saturated rings. The van der Waals surface area contributed by atoms with Crippen LogP contribution in [0.25, 0.3) is 11.3 Å². The molecule has 152 valence electrons. The summed E-state index contributed by atoms with van der Waals surface area (Å²) in [6.45, 7) is 5.89. The number of anilines is 1. The van der Waals surface area contributed by atoms with E-state index in [9.17, 15) is 5.11 Å². The third kappa shape index (κ3) is 3.76. The first-order valence-corrected chi connectivity index (χ1v) is 11.7. The van der Waals surface area contributed by atoms with Crippen LogP contribution in [0, 0.1) is 25.7 Å². The topological polar surface area (TPSA) is 71.4 Å². The van der Waals surface area contributed by atoms with E-state index in [-0.39, 0.29) is 6.10 Å². The lowest BCUT2D eigenvalue weighted by atomic mass is 9.78. The highest BCUT2D eigenvalue weighted by Gasteiger charge is 2.43. The third-order valence-electron chi connectivity index (χ3n) is 5.93. The van der Waals surface area contributed by atoms with Gasteiger partial charge in [-0.05, 0) is 50.7 Å². The Morgan fingerprint density at radius 3 is 2.59 bits per heavy atom. The zero-order chi connectivity index (χ0) is 20.0. The van der Waals surface area contributed by atoms with Crippen LogP contribution in [0.4, 0.5) is 5.13 Å². The number of ether oxygens (including phenoxy) is 1. The van der Waals surface area contributed by atoms with Gasteiger partial charge in [-0.15, -0.1) is 21.5 Å². The molecule has 3 heterocycles. The standard InChI is InChI=1S/C21H24N4O2S2/c1-12-22-17(11-28-12)16-5-3-4-6-19(16)27-20-8-15-10-25(9-14(15)7-18(20)26)21-24-23-13(2)29-21/h3-6,11,14-15,18,20,26H,7-10H2,1-2H3/t14-,15+,18+,20+/m0/s1. The van der Waals surface area contributed by atoms with E-state index in [1.807, 2.05) is 38.1 Å². The maximum atomic E-state index is 10.8. The number of aromatic nitrogens is 3. The zero-order valence-electron chi connectivity index (χ0n) is 16.5. The van der Waals surface area contributed by atoms with Gasteiger partial charge in [-0.1, -0.05) is 23.5 Å². The van der Waals surface area contributed by atoms with Crippen molar-refractivity contribution in [3.05, 3.63) is 39.7 Å². The quantitative estimate of drug-likeness (QED) is 0.679. The monoisotopic (exact) mass is 428 g/mol. The van der Waals surface area contributed by atoms with Crippen LogP contribution in [0.5, 0.6) is 5.75 Å². The number of thiazole rings is 1. The zero-order valence-corrected chi connectivity index (χ0v) is 18.1. The molecule has 3 aromatic rings. The summed E-state index contributed by atoms with van der Waals surface area (Å²) in [6, 6.07) is 8.00. The maximum absolute atomic E-state index is 10.8. The number of hydrogen-bond acceptors (Lipinski definition) is 8. The summed E-state index contributed by atoms with van der Waals surface area (Å²) in [7, 11) is 0.